The number of rotatable bonds is 6. The molecule has 1 unspecified atom stereocenters. The first-order chi connectivity index (χ1) is 21.8. The average molecular weight is 614 g/mol. The van der Waals surface area contributed by atoms with E-state index in [0.29, 0.717) is 44.7 Å². The van der Waals surface area contributed by atoms with Gasteiger partial charge in [-0.2, -0.15) is 0 Å². The van der Waals surface area contributed by atoms with Crippen LogP contribution >= 0.6 is 0 Å². The van der Waals surface area contributed by atoms with E-state index >= 15 is 0 Å². The van der Waals surface area contributed by atoms with Crippen LogP contribution in [0.3, 0.4) is 0 Å². The molecule has 3 aliphatic rings. The molecule has 3 aliphatic heterocycles. The fraction of sp³-hybridized carbons (Fsp3) is 0.394. The Bertz CT molecular complexity index is 1540. The highest BCUT2D eigenvalue weighted by Crippen LogP contribution is 2.40. The first kappa shape index (κ1) is 30.4. The van der Waals surface area contributed by atoms with E-state index in [-0.39, 0.29) is 24.3 Å². The van der Waals surface area contributed by atoms with Crippen molar-refractivity contribution in [2.75, 3.05) is 36.9 Å². The Morgan fingerprint density at radius 1 is 1.09 bits per heavy atom. The van der Waals surface area contributed by atoms with Gasteiger partial charge in [0.15, 0.2) is 11.8 Å². The van der Waals surface area contributed by atoms with E-state index < -0.39 is 17.7 Å². The minimum absolute atomic E-state index is 0.208. The molecular formula is C33H41N8O4+. The number of aryl methyl sites for hydroxylation is 1. The van der Waals surface area contributed by atoms with E-state index in [2.05, 4.69) is 26.8 Å². The molecule has 4 amide bonds. The number of hydrogen-bond donors (Lipinski definition) is 5. The number of nitrogens with one attached hydrogen (secondary N) is 3. The number of carbonyl (C=O) groups excluding carboxylic acids is 3. The number of hydrazine groups is 1. The van der Waals surface area contributed by atoms with Gasteiger partial charge in [0.2, 0.25) is 0 Å². The number of likely N-dealkylation sites (tertiary alicyclic amines) is 2. The predicted octanol–water partition coefficient (Wildman–Crippen LogP) is 3.13. The highest BCUT2D eigenvalue weighted by molar-refractivity contribution is 5.93. The zero-order valence-corrected chi connectivity index (χ0v) is 25.6. The van der Waals surface area contributed by atoms with Crippen molar-refractivity contribution in [1.82, 2.24) is 20.1 Å². The molecular weight excluding hydrogens is 572 g/mol. The second kappa shape index (κ2) is 12.7. The van der Waals surface area contributed by atoms with Crippen LogP contribution in [0.4, 0.5) is 26.7 Å². The minimum atomic E-state index is -1.01. The minimum Gasteiger partial charge on any atom is -0.436 e. The van der Waals surface area contributed by atoms with Crippen molar-refractivity contribution in [1.29, 1.82) is 0 Å². The summed E-state index contributed by atoms with van der Waals surface area (Å²) < 4.78 is 6.05. The summed E-state index contributed by atoms with van der Waals surface area (Å²) in [4.78, 5) is 48.0. The smallest absolute Gasteiger partial charge is 0.410 e. The SMILES string of the molecule is Cc1cc(CC(OC(=O)N2CCC3(CC2)NC(=O)Nc2ccccc23)C(=O)N2CCC(c3ccccn3)CC2)cc([NH3+])c1NN. The van der Waals surface area contributed by atoms with Crippen LogP contribution < -0.4 is 27.6 Å². The molecule has 1 aromatic heterocycles. The van der Waals surface area contributed by atoms with E-state index in [4.69, 9.17) is 10.6 Å². The lowest BCUT2D eigenvalue weighted by Crippen LogP contribution is -2.58. The molecule has 12 heteroatoms. The summed E-state index contributed by atoms with van der Waals surface area (Å²) >= 11 is 0. The van der Waals surface area contributed by atoms with Gasteiger partial charge in [-0.25, -0.2) is 9.59 Å². The maximum atomic E-state index is 14.0. The van der Waals surface area contributed by atoms with Gasteiger partial charge < -0.3 is 36.3 Å². The molecule has 0 saturated carbocycles. The van der Waals surface area contributed by atoms with Crippen LogP contribution in [0, 0.1) is 6.92 Å². The van der Waals surface area contributed by atoms with E-state index in [0.717, 1.165) is 46.6 Å². The normalized spacial score (nSPS) is 18.4. The number of piperidine rings is 2. The van der Waals surface area contributed by atoms with Gasteiger partial charge in [0.25, 0.3) is 5.91 Å². The van der Waals surface area contributed by atoms with Crippen LogP contribution in [0.1, 0.15) is 54.0 Å². The number of fused-ring (bicyclic) bond motifs is 2. The predicted molar refractivity (Wildman–Crippen MR) is 169 cm³/mol. The van der Waals surface area contributed by atoms with Gasteiger partial charge in [-0.15, -0.1) is 0 Å². The van der Waals surface area contributed by atoms with Gasteiger partial charge in [-0.1, -0.05) is 30.3 Å². The summed E-state index contributed by atoms with van der Waals surface area (Å²) in [6, 6.07) is 17.2. The Balaban J connectivity index is 1.17. The van der Waals surface area contributed by atoms with Crippen molar-refractivity contribution >= 4 is 35.1 Å². The zero-order chi connectivity index (χ0) is 31.6. The number of nitrogens with zero attached hydrogens (tertiary/aromatic N) is 3. The van der Waals surface area contributed by atoms with Gasteiger partial charge in [0.05, 0.1) is 5.54 Å². The molecule has 1 spiro atoms. The first-order valence-corrected chi connectivity index (χ1v) is 15.5. The van der Waals surface area contributed by atoms with Crippen LogP contribution in [0.5, 0.6) is 0 Å². The molecule has 45 heavy (non-hydrogen) atoms. The second-order valence-corrected chi connectivity index (χ2v) is 12.2. The molecule has 2 aromatic carbocycles. The number of aromatic nitrogens is 1. The molecule has 6 rings (SSSR count). The first-order valence-electron chi connectivity index (χ1n) is 15.5. The third-order valence-electron chi connectivity index (χ3n) is 9.39. The molecule has 3 aromatic rings. The topological polar surface area (TPSA) is 170 Å². The Labute approximate surface area is 262 Å². The number of anilines is 2. The number of urea groups is 1. The summed E-state index contributed by atoms with van der Waals surface area (Å²) in [6.07, 6.45) is 3.12. The average Bonchev–Trinajstić information content (AvgIpc) is 3.05. The van der Waals surface area contributed by atoms with Gasteiger partial charge >= 0.3 is 12.1 Å². The van der Waals surface area contributed by atoms with Gasteiger partial charge in [0.1, 0.15) is 5.69 Å². The third-order valence-corrected chi connectivity index (χ3v) is 9.39. The molecule has 2 fully saturated rings. The van der Waals surface area contributed by atoms with Crippen LogP contribution in [0.25, 0.3) is 0 Å². The molecule has 2 saturated heterocycles. The van der Waals surface area contributed by atoms with Gasteiger partial charge in [0, 0.05) is 67.7 Å². The lowest BCUT2D eigenvalue weighted by molar-refractivity contribution is -0.253. The van der Waals surface area contributed by atoms with Crippen molar-refractivity contribution in [3.8, 4) is 0 Å². The molecule has 236 valence electrons. The number of nitrogen functional groups attached to an aromatic ring is 1. The number of nitrogens with two attached hydrogens (primary N) is 1. The zero-order valence-electron chi connectivity index (χ0n) is 25.6. The van der Waals surface area contributed by atoms with Crippen molar-refractivity contribution in [3.63, 3.8) is 0 Å². The van der Waals surface area contributed by atoms with Crippen molar-refractivity contribution in [2.24, 2.45) is 5.84 Å². The second-order valence-electron chi connectivity index (χ2n) is 12.2. The van der Waals surface area contributed by atoms with E-state index in [9.17, 15) is 14.4 Å². The van der Waals surface area contributed by atoms with E-state index in [1.165, 1.54) is 0 Å². The van der Waals surface area contributed by atoms with Crippen LogP contribution in [-0.4, -0.2) is 65.1 Å². The maximum absolute atomic E-state index is 14.0. The summed E-state index contributed by atoms with van der Waals surface area (Å²) in [7, 11) is 0. The standard InChI is InChI=1S/C33H40N8O4/c1-21-18-22(19-25(34)29(21)39-35)20-28(30(42)40-14-9-23(10-15-40)26-7-4-5-13-36-26)45-32(44)41-16-11-33(12-17-41)24-6-2-3-8-27(24)37-31(43)38-33/h2-8,13,18-19,23,28,39H,9-12,14-17,20,34-35H2,1H3,(H2,37,38,43)/p+1. The Kier molecular flexibility index (Phi) is 8.59. The van der Waals surface area contributed by atoms with Crippen LogP contribution in [-0.2, 0) is 21.5 Å². The highest BCUT2D eigenvalue weighted by Gasteiger charge is 2.43. The van der Waals surface area contributed by atoms with Crippen molar-refractivity contribution in [3.05, 3.63) is 83.2 Å². The molecule has 0 radical (unpaired) electrons. The molecule has 1 atom stereocenters. The number of para-hydroxylation sites is 1. The molecule has 0 bridgehead atoms. The quantitative estimate of drug-likeness (QED) is 0.210. The molecule has 4 heterocycles. The number of pyridine rings is 1. The number of carbonyl (C=O) groups is 3. The fourth-order valence-corrected chi connectivity index (χ4v) is 6.98. The Morgan fingerprint density at radius 3 is 2.51 bits per heavy atom. The van der Waals surface area contributed by atoms with Crippen molar-refractivity contribution < 1.29 is 24.9 Å². The lowest BCUT2D eigenvalue weighted by Gasteiger charge is -2.45. The summed E-state index contributed by atoms with van der Waals surface area (Å²) in [5, 5.41) is 5.97. The summed E-state index contributed by atoms with van der Waals surface area (Å²) in [5.41, 5.74) is 12.2. The Morgan fingerprint density at radius 2 is 1.82 bits per heavy atom. The highest BCUT2D eigenvalue weighted by atomic mass is 16.6. The number of benzene rings is 2. The van der Waals surface area contributed by atoms with Gasteiger partial charge in [-0.3, -0.25) is 15.6 Å². The molecule has 0 aliphatic carbocycles. The lowest BCUT2D eigenvalue weighted by atomic mass is 9.79. The van der Waals surface area contributed by atoms with Crippen molar-refractivity contribution in [2.45, 2.75) is 56.6 Å². The number of hydrogen-bond acceptors (Lipinski definition) is 7. The van der Waals surface area contributed by atoms with Crippen LogP contribution in [0.15, 0.2) is 60.8 Å². The number of ether oxygens (including phenoxy) is 1. The summed E-state index contributed by atoms with van der Waals surface area (Å²) in [5.74, 6) is 5.75. The number of quaternary nitrogens is 1. The monoisotopic (exact) mass is 613 g/mol. The molecule has 8 N–H and O–H groups in total. The van der Waals surface area contributed by atoms with Crippen LogP contribution in [0.2, 0.25) is 0 Å². The molecule has 12 nitrogen and oxygen atoms in total. The van der Waals surface area contributed by atoms with E-state index in [1.54, 1.807) is 16.0 Å². The number of amides is 4. The van der Waals surface area contributed by atoms with E-state index in [1.807, 2.05) is 61.5 Å². The maximum Gasteiger partial charge on any atom is 0.410 e. The van der Waals surface area contributed by atoms with Gasteiger partial charge in [-0.05, 0) is 61.9 Å². The fourth-order valence-electron chi connectivity index (χ4n) is 6.98. The largest absolute Gasteiger partial charge is 0.436 e. The third kappa shape index (κ3) is 6.29. The summed E-state index contributed by atoms with van der Waals surface area (Å²) in [6.45, 7) is 3.79. The Hall–Kier alpha value is -4.68.